The van der Waals surface area contributed by atoms with Crippen LogP contribution in [0.25, 0.3) is 0 Å². The largest absolute Gasteiger partial charge is 0.481 e. The van der Waals surface area contributed by atoms with E-state index in [-0.39, 0.29) is 12.4 Å². The summed E-state index contributed by atoms with van der Waals surface area (Å²) in [4.78, 5) is 22.0. The zero-order chi connectivity index (χ0) is 21.6. The van der Waals surface area contributed by atoms with E-state index in [1.54, 1.807) is 0 Å². The molecule has 3 aromatic carbocycles. The Labute approximate surface area is 178 Å². The number of carbonyl (C=O) groups is 2. The third-order valence-corrected chi connectivity index (χ3v) is 4.51. The molecule has 0 aliphatic carbocycles. The Morgan fingerprint density at radius 3 is 1.77 bits per heavy atom. The van der Waals surface area contributed by atoms with Crippen LogP contribution in [0.15, 0.2) is 84.9 Å². The van der Waals surface area contributed by atoms with Gasteiger partial charge in [0.25, 0.3) is 0 Å². The zero-order valence-corrected chi connectivity index (χ0v) is 17.3. The van der Waals surface area contributed by atoms with Crippen LogP contribution in [0.5, 0.6) is 5.75 Å². The van der Waals surface area contributed by atoms with E-state index in [2.05, 4.69) is 6.92 Å². The molecule has 0 fully saturated rings. The first-order chi connectivity index (χ1) is 14.6. The van der Waals surface area contributed by atoms with Crippen molar-refractivity contribution in [2.24, 2.45) is 0 Å². The molecule has 3 rings (SSSR count). The van der Waals surface area contributed by atoms with Crippen molar-refractivity contribution in [3.63, 3.8) is 0 Å². The van der Waals surface area contributed by atoms with Gasteiger partial charge in [-0.05, 0) is 42.0 Å². The standard InChI is InChI=1S/C17H18O2.C9H10O2/c1-2-15-10-6-7-11-16(15)19-17(18)13-12-14-8-4-3-5-9-14;10-9(11)7-6-8-4-2-1-3-5-8/h3-11H,2,12-13H2,1H3;1-5H,6-7H2,(H,10,11). The van der Waals surface area contributed by atoms with Crippen LogP contribution in [0.1, 0.15) is 36.5 Å². The Bertz CT molecular complexity index is 905. The van der Waals surface area contributed by atoms with Crippen molar-refractivity contribution in [1.82, 2.24) is 0 Å². The topological polar surface area (TPSA) is 63.6 Å². The molecule has 0 unspecified atom stereocenters. The van der Waals surface area contributed by atoms with E-state index >= 15 is 0 Å². The number of carboxylic acid groups (broad SMARTS) is 1. The molecule has 0 radical (unpaired) electrons. The van der Waals surface area contributed by atoms with Crippen LogP contribution in [0, 0.1) is 0 Å². The van der Waals surface area contributed by atoms with Gasteiger partial charge >= 0.3 is 11.9 Å². The number of benzene rings is 3. The van der Waals surface area contributed by atoms with Crippen molar-refractivity contribution >= 4 is 11.9 Å². The molecule has 0 amide bonds. The summed E-state index contributed by atoms with van der Waals surface area (Å²) < 4.78 is 5.42. The number of carboxylic acids is 1. The van der Waals surface area contributed by atoms with Gasteiger partial charge in [-0.3, -0.25) is 9.59 Å². The average molecular weight is 405 g/mol. The Balaban J connectivity index is 0.000000248. The van der Waals surface area contributed by atoms with E-state index in [0.29, 0.717) is 25.0 Å². The highest BCUT2D eigenvalue weighted by molar-refractivity contribution is 5.73. The molecule has 0 aliphatic rings. The second kappa shape index (κ2) is 12.9. The molecule has 1 N–H and O–H groups in total. The Morgan fingerprint density at radius 1 is 0.733 bits per heavy atom. The lowest BCUT2D eigenvalue weighted by molar-refractivity contribution is -0.137. The summed E-state index contributed by atoms with van der Waals surface area (Å²) in [6.07, 6.45) is 2.82. The summed E-state index contributed by atoms with van der Waals surface area (Å²) in [6.45, 7) is 2.05. The van der Waals surface area contributed by atoms with Crippen LogP contribution in [0.4, 0.5) is 0 Å². The van der Waals surface area contributed by atoms with Gasteiger partial charge in [0, 0.05) is 12.8 Å². The lowest BCUT2D eigenvalue weighted by atomic mass is 10.1. The fraction of sp³-hybridized carbons (Fsp3) is 0.231. The summed E-state index contributed by atoms with van der Waals surface area (Å²) >= 11 is 0. The van der Waals surface area contributed by atoms with Gasteiger partial charge in [-0.2, -0.15) is 0 Å². The van der Waals surface area contributed by atoms with Gasteiger partial charge in [0.15, 0.2) is 0 Å². The zero-order valence-electron chi connectivity index (χ0n) is 17.3. The van der Waals surface area contributed by atoms with Crippen molar-refractivity contribution in [1.29, 1.82) is 0 Å². The van der Waals surface area contributed by atoms with E-state index in [1.807, 2.05) is 84.9 Å². The number of carbonyl (C=O) groups excluding carboxylic acids is 1. The number of esters is 1. The first kappa shape index (κ1) is 22.9. The predicted molar refractivity (Wildman–Crippen MR) is 119 cm³/mol. The summed E-state index contributed by atoms with van der Waals surface area (Å²) in [5.74, 6) is -0.235. The molecular weight excluding hydrogens is 376 g/mol. The lowest BCUT2D eigenvalue weighted by Gasteiger charge is -2.08. The molecule has 156 valence electrons. The minimum Gasteiger partial charge on any atom is -0.481 e. The second-order valence-electron chi connectivity index (χ2n) is 6.80. The number of hydrogen-bond donors (Lipinski definition) is 1. The third-order valence-electron chi connectivity index (χ3n) is 4.51. The van der Waals surface area contributed by atoms with Gasteiger partial charge in [-0.15, -0.1) is 0 Å². The molecule has 4 nitrogen and oxygen atoms in total. The molecule has 30 heavy (non-hydrogen) atoms. The number of rotatable bonds is 8. The lowest BCUT2D eigenvalue weighted by Crippen LogP contribution is -2.10. The molecule has 0 aliphatic heterocycles. The third kappa shape index (κ3) is 8.74. The normalized spacial score (nSPS) is 9.90. The van der Waals surface area contributed by atoms with Crippen LogP contribution in [-0.2, 0) is 28.9 Å². The highest BCUT2D eigenvalue weighted by atomic mass is 16.5. The highest BCUT2D eigenvalue weighted by Crippen LogP contribution is 2.19. The van der Waals surface area contributed by atoms with Crippen molar-refractivity contribution in [2.45, 2.75) is 39.0 Å². The van der Waals surface area contributed by atoms with E-state index in [9.17, 15) is 9.59 Å². The molecule has 0 atom stereocenters. The first-order valence-electron chi connectivity index (χ1n) is 10.2. The van der Waals surface area contributed by atoms with E-state index in [0.717, 1.165) is 23.1 Å². The Kier molecular flexibility index (Phi) is 9.87. The van der Waals surface area contributed by atoms with Gasteiger partial charge in [0.2, 0.25) is 0 Å². The predicted octanol–water partition coefficient (Wildman–Crippen LogP) is 5.49. The van der Waals surface area contributed by atoms with E-state index in [1.165, 1.54) is 0 Å². The minimum atomic E-state index is -0.742. The maximum absolute atomic E-state index is 11.8. The Hall–Kier alpha value is -3.40. The second-order valence-corrected chi connectivity index (χ2v) is 6.80. The maximum atomic E-state index is 11.8. The van der Waals surface area contributed by atoms with Crippen molar-refractivity contribution in [3.05, 3.63) is 102 Å². The van der Waals surface area contributed by atoms with Crippen molar-refractivity contribution in [2.75, 3.05) is 0 Å². The van der Waals surface area contributed by atoms with Gasteiger partial charge in [0.1, 0.15) is 5.75 Å². The van der Waals surface area contributed by atoms with E-state index in [4.69, 9.17) is 9.84 Å². The van der Waals surface area contributed by atoms with E-state index < -0.39 is 5.97 Å². The van der Waals surface area contributed by atoms with Crippen LogP contribution in [0.2, 0.25) is 0 Å². The summed E-state index contributed by atoms with van der Waals surface area (Å²) in [5.41, 5.74) is 3.30. The fourth-order valence-corrected chi connectivity index (χ4v) is 2.86. The number of aryl methyl sites for hydroxylation is 3. The number of hydrogen-bond acceptors (Lipinski definition) is 3. The van der Waals surface area contributed by atoms with Crippen LogP contribution >= 0.6 is 0 Å². The molecule has 0 spiro atoms. The van der Waals surface area contributed by atoms with Crippen LogP contribution in [0.3, 0.4) is 0 Å². The summed E-state index contributed by atoms with van der Waals surface area (Å²) in [7, 11) is 0. The summed E-state index contributed by atoms with van der Waals surface area (Å²) in [6, 6.07) is 27.3. The fourth-order valence-electron chi connectivity index (χ4n) is 2.86. The average Bonchev–Trinajstić information content (AvgIpc) is 2.78. The minimum absolute atomic E-state index is 0.176. The quantitative estimate of drug-likeness (QED) is 0.398. The molecule has 4 heteroatoms. The highest BCUT2D eigenvalue weighted by Gasteiger charge is 2.08. The molecular formula is C26H28O4. The number of para-hydroxylation sites is 1. The Morgan fingerprint density at radius 2 is 1.23 bits per heavy atom. The van der Waals surface area contributed by atoms with Gasteiger partial charge < -0.3 is 9.84 Å². The van der Waals surface area contributed by atoms with Gasteiger partial charge in [-0.1, -0.05) is 85.8 Å². The first-order valence-corrected chi connectivity index (χ1v) is 10.2. The van der Waals surface area contributed by atoms with Crippen LogP contribution < -0.4 is 4.74 Å². The molecule has 0 saturated heterocycles. The van der Waals surface area contributed by atoms with Gasteiger partial charge in [-0.25, -0.2) is 0 Å². The molecule has 3 aromatic rings. The maximum Gasteiger partial charge on any atom is 0.311 e. The monoisotopic (exact) mass is 404 g/mol. The SMILES string of the molecule is CCc1ccccc1OC(=O)CCc1ccccc1.O=C(O)CCc1ccccc1. The molecule has 0 heterocycles. The van der Waals surface area contributed by atoms with Crippen molar-refractivity contribution < 1.29 is 19.4 Å². The van der Waals surface area contributed by atoms with Gasteiger partial charge in [0.05, 0.1) is 0 Å². The number of aliphatic carboxylic acids is 1. The van der Waals surface area contributed by atoms with Crippen molar-refractivity contribution in [3.8, 4) is 5.75 Å². The van der Waals surface area contributed by atoms with Crippen LogP contribution in [-0.4, -0.2) is 17.0 Å². The number of ether oxygens (including phenoxy) is 1. The molecule has 0 saturated carbocycles. The molecule has 0 bridgehead atoms. The summed E-state index contributed by atoms with van der Waals surface area (Å²) in [5, 5.41) is 8.37. The molecule has 0 aromatic heterocycles. The smallest absolute Gasteiger partial charge is 0.311 e.